The summed E-state index contributed by atoms with van der Waals surface area (Å²) in [5.74, 6) is 0.570. The number of benzene rings is 1. The molecular formula is C18H19NOS. The van der Waals surface area contributed by atoms with E-state index < -0.39 is 0 Å². The largest absolute Gasteiger partial charge is 0.294 e. The maximum Gasteiger partial charge on any atom is 0.166 e. The van der Waals surface area contributed by atoms with Gasteiger partial charge in [0.2, 0.25) is 0 Å². The fourth-order valence-corrected chi connectivity index (χ4v) is 5.63. The van der Waals surface area contributed by atoms with Crippen LogP contribution in [0.3, 0.4) is 0 Å². The summed E-state index contributed by atoms with van der Waals surface area (Å²) >= 11 is 2.11. The Balaban J connectivity index is 1.69. The van der Waals surface area contributed by atoms with Crippen molar-refractivity contribution < 1.29 is 4.79 Å². The first-order valence-electron chi connectivity index (χ1n) is 7.76. The summed E-state index contributed by atoms with van der Waals surface area (Å²) in [4.78, 5) is 17.4. The number of fused-ring (bicyclic) bond motifs is 3. The van der Waals surface area contributed by atoms with Gasteiger partial charge in [-0.3, -0.25) is 9.78 Å². The molecule has 108 valence electrons. The normalized spacial score (nSPS) is 28.0. The van der Waals surface area contributed by atoms with Crippen LogP contribution in [0.25, 0.3) is 10.9 Å². The molecule has 2 nitrogen and oxygen atoms in total. The fourth-order valence-electron chi connectivity index (χ4n) is 3.85. The lowest BCUT2D eigenvalue weighted by molar-refractivity contribution is 0.0906. The summed E-state index contributed by atoms with van der Waals surface area (Å²) in [7, 11) is 0. The van der Waals surface area contributed by atoms with Crippen molar-refractivity contribution in [1.82, 2.24) is 4.98 Å². The van der Waals surface area contributed by atoms with Crippen LogP contribution in [0.1, 0.15) is 41.6 Å². The average Bonchev–Trinajstić information content (AvgIpc) is 2.85. The molecule has 0 aliphatic carbocycles. The number of aryl methyl sites for hydroxylation is 1. The van der Waals surface area contributed by atoms with Gasteiger partial charge in [-0.1, -0.05) is 18.2 Å². The van der Waals surface area contributed by atoms with Crippen molar-refractivity contribution in [3.05, 3.63) is 41.6 Å². The second kappa shape index (κ2) is 5.13. The first kappa shape index (κ1) is 13.3. The van der Waals surface area contributed by atoms with E-state index >= 15 is 0 Å². The van der Waals surface area contributed by atoms with Crippen molar-refractivity contribution in [2.24, 2.45) is 5.92 Å². The van der Waals surface area contributed by atoms with E-state index in [1.165, 1.54) is 12.8 Å². The average molecular weight is 297 g/mol. The van der Waals surface area contributed by atoms with Gasteiger partial charge in [-0.15, -0.1) is 0 Å². The molecule has 21 heavy (non-hydrogen) atoms. The Kier molecular flexibility index (Phi) is 3.26. The lowest BCUT2D eigenvalue weighted by Crippen LogP contribution is -2.25. The standard InChI is InChI=1S/C18H19NOS/c1-11-16(7-4-12-3-2-8-19-17(11)12)18(20)13-9-14-5-6-15(10-13)21-14/h2-4,7-8,13-15H,5-6,9-10H2,1H3. The zero-order valence-corrected chi connectivity index (χ0v) is 13.0. The van der Waals surface area contributed by atoms with E-state index in [1.807, 2.05) is 25.1 Å². The maximum absolute atomic E-state index is 12.9. The van der Waals surface area contributed by atoms with Crippen LogP contribution in [0.4, 0.5) is 0 Å². The second-order valence-electron chi connectivity index (χ2n) is 6.30. The SMILES string of the molecule is Cc1c(C(=O)C2CC3CCC(C2)S3)ccc2cccnc12. The van der Waals surface area contributed by atoms with Crippen LogP contribution in [-0.2, 0) is 0 Å². The third-order valence-electron chi connectivity index (χ3n) is 4.95. The molecule has 1 aromatic heterocycles. The molecule has 2 aliphatic heterocycles. The van der Waals surface area contributed by atoms with Crippen molar-refractivity contribution in [1.29, 1.82) is 0 Å². The Morgan fingerprint density at radius 2 is 1.95 bits per heavy atom. The van der Waals surface area contributed by atoms with E-state index in [-0.39, 0.29) is 5.92 Å². The number of aromatic nitrogens is 1. The number of nitrogens with zero attached hydrogens (tertiary/aromatic N) is 1. The van der Waals surface area contributed by atoms with Gasteiger partial charge < -0.3 is 0 Å². The highest BCUT2D eigenvalue weighted by Crippen LogP contribution is 2.46. The van der Waals surface area contributed by atoms with Crippen molar-refractivity contribution in [2.75, 3.05) is 0 Å². The molecule has 2 unspecified atom stereocenters. The van der Waals surface area contributed by atoms with E-state index in [4.69, 9.17) is 0 Å². The van der Waals surface area contributed by atoms with Crippen LogP contribution in [0.2, 0.25) is 0 Å². The van der Waals surface area contributed by atoms with Gasteiger partial charge in [-0.25, -0.2) is 0 Å². The summed E-state index contributed by atoms with van der Waals surface area (Å²) in [6.07, 6.45) is 6.55. The lowest BCUT2D eigenvalue weighted by Gasteiger charge is -2.26. The van der Waals surface area contributed by atoms with E-state index in [1.54, 1.807) is 6.20 Å². The molecule has 4 rings (SSSR count). The van der Waals surface area contributed by atoms with Crippen LogP contribution in [-0.4, -0.2) is 21.3 Å². The Morgan fingerprint density at radius 3 is 2.71 bits per heavy atom. The minimum atomic E-state index is 0.226. The predicted molar refractivity (Wildman–Crippen MR) is 87.9 cm³/mol. The predicted octanol–water partition coefficient (Wildman–Crippen LogP) is 4.40. The molecule has 2 aliphatic rings. The molecule has 2 saturated heterocycles. The van der Waals surface area contributed by atoms with Gasteiger partial charge in [0.1, 0.15) is 0 Å². The van der Waals surface area contributed by atoms with Crippen LogP contribution in [0.15, 0.2) is 30.5 Å². The molecule has 2 fully saturated rings. The zero-order valence-electron chi connectivity index (χ0n) is 12.2. The number of carbonyl (C=O) groups is 1. The third-order valence-corrected chi connectivity index (χ3v) is 6.58. The molecule has 2 aromatic rings. The Hall–Kier alpha value is -1.35. The van der Waals surface area contributed by atoms with E-state index in [0.717, 1.165) is 45.4 Å². The lowest BCUT2D eigenvalue weighted by atomic mass is 9.88. The molecular weight excluding hydrogens is 278 g/mol. The van der Waals surface area contributed by atoms with Gasteiger partial charge in [-0.2, -0.15) is 11.8 Å². The minimum Gasteiger partial charge on any atom is -0.294 e. The van der Waals surface area contributed by atoms with Gasteiger partial charge in [0.25, 0.3) is 0 Å². The molecule has 2 atom stereocenters. The molecule has 3 heteroatoms. The number of hydrogen-bond donors (Lipinski definition) is 0. The van der Waals surface area contributed by atoms with Crippen LogP contribution in [0.5, 0.6) is 0 Å². The fraction of sp³-hybridized carbons (Fsp3) is 0.444. The van der Waals surface area contributed by atoms with Crippen molar-refractivity contribution in [3.63, 3.8) is 0 Å². The highest BCUT2D eigenvalue weighted by atomic mass is 32.2. The van der Waals surface area contributed by atoms with Crippen LogP contribution in [0, 0.1) is 12.8 Å². The number of Topliss-reactive ketones (excluding diaryl/α,β-unsaturated/α-hetero) is 1. The van der Waals surface area contributed by atoms with Gasteiger partial charge in [0.05, 0.1) is 5.52 Å². The van der Waals surface area contributed by atoms with Gasteiger partial charge in [-0.05, 0) is 44.2 Å². The Bertz CT molecular complexity index is 699. The van der Waals surface area contributed by atoms with Gasteiger partial charge >= 0.3 is 0 Å². The minimum absolute atomic E-state index is 0.226. The van der Waals surface area contributed by atoms with E-state index in [9.17, 15) is 4.79 Å². The second-order valence-corrected chi connectivity index (χ2v) is 7.91. The molecule has 0 amide bonds. The first-order chi connectivity index (χ1) is 10.2. The van der Waals surface area contributed by atoms with Crippen molar-refractivity contribution in [3.8, 4) is 0 Å². The monoisotopic (exact) mass is 297 g/mol. The molecule has 0 spiro atoms. The zero-order chi connectivity index (χ0) is 14.4. The van der Waals surface area contributed by atoms with Gasteiger partial charge in [0.15, 0.2) is 5.78 Å². The molecule has 0 radical (unpaired) electrons. The third kappa shape index (κ3) is 2.28. The summed E-state index contributed by atoms with van der Waals surface area (Å²) in [6, 6.07) is 8.04. The first-order valence-corrected chi connectivity index (χ1v) is 8.70. The van der Waals surface area contributed by atoms with Crippen molar-refractivity contribution >= 4 is 28.4 Å². The molecule has 0 N–H and O–H groups in total. The number of carbonyl (C=O) groups excluding carboxylic acids is 1. The topological polar surface area (TPSA) is 30.0 Å². The van der Waals surface area contributed by atoms with Crippen LogP contribution < -0.4 is 0 Å². The maximum atomic E-state index is 12.9. The summed E-state index contributed by atoms with van der Waals surface area (Å²) in [5.41, 5.74) is 2.90. The van der Waals surface area contributed by atoms with Crippen molar-refractivity contribution in [2.45, 2.75) is 43.1 Å². The van der Waals surface area contributed by atoms with Crippen LogP contribution >= 0.6 is 11.8 Å². The number of thioether (sulfide) groups is 1. The number of ketones is 1. The summed E-state index contributed by atoms with van der Waals surface area (Å²) in [5, 5.41) is 2.55. The smallest absolute Gasteiger partial charge is 0.166 e. The summed E-state index contributed by atoms with van der Waals surface area (Å²) in [6.45, 7) is 2.04. The molecule has 2 bridgehead atoms. The Morgan fingerprint density at radius 1 is 1.19 bits per heavy atom. The molecule has 1 aromatic carbocycles. The number of rotatable bonds is 2. The molecule has 3 heterocycles. The highest BCUT2D eigenvalue weighted by Gasteiger charge is 2.38. The van der Waals surface area contributed by atoms with E-state index in [2.05, 4.69) is 22.8 Å². The summed E-state index contributed by atoms with van der Waals surface area (Å²) < 4.78 is 0. The highest BCUT2D eigenvalue weighted by molar-refractivity contribution is 8.00. The van der Waals surface area contributed by atoms with Gasteiger partial charge in [0, 0.05) is 33.6 Å². The quantitative estimate of drug-likeness (QED) is 0.770. The Labute approximate surface area is 129 Å². The van der Waals surface area contributed by atoms with E-state index in [0.29, 0.717) is 5.78 Å². The number of hydrogen-bond acceptors (Lipinski definition) is 3. The number of pyridine rings is 1. The molecule has 0 saturated carbocycles.